The molecule has 0 amide bonds. The number of anilines is 2. The molecule has 1 aromatic carbocycles. The zero-order valence-corrected chi connectivity index (χ0v) is 9.69. The molecule has 0 aliphatic carbocycles. The third-order valence-electron chi connectivity index (χ3n) is 2.51. The fraction of sp³-hybridized carbons (Fsp3) is 0.500. The Hall–Kier alpha value is -1.32. The number of unbranched alkanes of at least 4 members (excludes halogenated alkanes) is 1. The average Bonchev–Trinajstić information content (AvgIpc) is 2.27. The summed E-state index contributed by atoms with van der Waals surface area (Å²) >= 11 is 0. The normalized spacial score (nSPS) is 12.5. The van der Waals surface area contributed by atoms with Crippen molar-refractivity contribution < 1.29 is 8.78 Å². The molecule has 0 aromatic heterocycles. The van der Waals surface area contributed by atoms with Gasteiger partial charge in [-0.3, -0.25) is 0 Å². The first-order valence-electron chi connectivity index (χ1n) is 5.56. The summed E-state index contributed by atoms with van der Waals surface area (Å²) in [6, 6.07) is 2.48. The fourth-order valence-electron chi connectivity index (χ4n) is 1.54. The average molecular weight is 228 g/mol. The lowest BCUT2D eigenvalue weighted by Gasteiger charge is -2.17. The van der Waals surface area contributed by atoms with E-state index in [1.54, 1.807) is 0 Å². The summed E-state index contributed by atoms with van der Waals surface area (Å²) in [5.41, 5.74) is 5.91. The molecule has 1 rings (SSSR count). The van der Waals surface area contributed by atoms with Crippen LogP contribution in [0.1, 0.15) is 33.1 Å². The molecule has 90 valence electrons. The molecular weight excluding hydrogens is 210 g/mol. The van der Waals surface area contributed by atoms with Gasteiger partial charge in [0.25, 0.3) is 0 Å². The van der Waals surface area contributed by atoms with E-state index >= 15 is 0 Å². The molecular formula is C12H18F2N2. The SMILES string of the molecule is CCCCC(C)Nc1c(N)ccc(F)c1F. The highest BCUT2D eigenvalue weighted by molar-refractivity contribution is 5.67. The molecule has 0 fully saturated rings. The zero-order valence-electron chi connectivity index (χ0n) is 9.69. The van der Waals surface area contributed by atoms with Gasteiger partial charge in [0, 0.05) is 6.04 Å². The number of nitrogens with one attached hydrogen (secondary N) is 1. The van der Waals surface area contributed by atoms with Crippen LogP contribution in [0.3, 0.4) is 0 Å². The van der Waals surface area contributed by atoms with Crippen molar-refractivity contribution in [1.82, 2.24) is 0 Å². The van der Waals surface area contributed by atoms with Crippen molar-refractivity contribution in [1.29, 1.82) is 0 Å². The van der Waals surface area contributed by atoms with E-state index in [2.05, 4.69) is 12.2 Å². The maximum absolute atomic E-state index is 13.4. The van der Waals surface area contributed by atoms with E-state index in [0.717, 1.165) is 25.3 Å². The number of hydrogen-bond acceptors (Lipinski definition) is 2. The predicted molar refractivity (Wildman–Crippen MR) is 63.4 cm³/mol. The summed E-state index contributed by atoms with van der Waals surface area (Å²) < 4.78 is 26.4. The summed E-state index contributed by atoms with van der Waals surface area (Å²) in [7, 11) is 0. The first-order valence-corrected chi connectivity index (χ1v) is 5.56. The Morgan fingerprint density at radius 3 is 2.69 bits per heavy atom. The van der Waals surface area contributed by atoms with Crippen LogP contribution in [0.2, 0.25) is 0 Å². The van der Waals surface area contributed by atoms with Gasteiger partial charge in [0.05, 0.1) is 11.4 Å². The van der Waals surface area contributed by atoms with Gasteiger partial charge in [0.1, 0.15) is 0 Å². The van der Waals surface area contributed by atoms with Crippen LogP contribution in [0.4, 0.5) is 20.2 Å². The summed E-state index contributed by atoms with van der Waals surface area (Å²) in [6.45, 7) is 4.02. The molecule has 1 unspecified atom stereocenters. The lowest BCUT2D eigenvalue weighted by molar-refractivity contribution is 0.509. The second-order valence-corrected chi connectivity index (χ2v) is 4.01. The standard InChI is InChI=1S/C12H18F2N2/c1-3-4-5-8(2)16-12-10(15)7-6-9(13)11(12)14/h6-8,16H,3-5,15H2,1-2H3. The number of nitrogen functional groups attached to an aromatic ring is 1. The van der Waals surface area contributed by atoms with E-state index < -0.39 is 11.6 Å². The van der Waals surface area contributed by atoms with Crippen molar-refractivity contribution in [3.05, 3.63) is 23.8 Å². The van der Waals surface area contributed by atoms with Gasteiger partial charge in [-0.2, -0.15) is 0 Å². The van der Waals surface area contributed by atoms with E-state index in [9.17, 15) is 8.78 Å². The van der Waals surface area contributed by atoms with Gasteiger partial charge >= 0.3 is 0 Å². The van der Waals surface area contributed by atoms with Crippen LogP contribution in [0.15, 0.2) is 12.1 Å². The number of nitrogens with two attached hydrogens (primary N) is 1. The van der Waals surface area contributed by atoms with Gasteiger partial charge < -0.3 is 11.1 Å². The summed E-state index contributed by atoms with van der Waals surface area (Å²) in [5.74, 6) is -1.78. The highest BCUT2D eigenvalue weighted by atomic mass is 19.2. The van der Waals surface area contributed by atoms with Crippen molar-refractivity contribution in [3.63, 3.8) is 0 Å². The maximum atomic E-state index is 13.4. The monoisotopic (exact) mass is 228 g/mol. The van der Waals surface area contributed by atoms with Gasteiger partial charge in [-0.25, -0.2) is 8.78 Å². The molecule has 0 saturated carbocycles. The molecule has 0 radical (unpaired) electrons. The third kappa shape index (κ3) is 3.08. The van der Waals surface area contributed by atoms with Crippen LogP contribution in [0, 0.1) is 11.6 Å². The third-order valence-corrected chi connectivity index (χ3v) is 2.51. The first-order chi connectivity index (χ1) is 7.56. The number of rotatable bonds is 5. The number of benzene rings is 1. The molecule has 16 heavy (non-hydrogen) atoms. The Kier molecular flexibility index (Phi) is 4.52. The van der Waals surface area contributed by atoms with Crippen molar-refractivity contribution in [2.75, 3.05) is 11.1 Å². The first kappa shape index (κ1) is 12.7. The molecule has 0 bridgehead atoms. The van der Waals surface area contributed by atoms with E-state index in [-0.39, 0.29) is 17.4 Å². The number of halogens is 2. The Morgan fingerprint density at radius 2 is 2.06 bits per heavy atom. The smallest absolute Gasteiger partial charge is 0.183 e. The van der Waals surface area contributed by atoms with Gasteiger partial charge in [-0.1, -0.05) is 19.8 Å². The minimum Gasteiger partial charge on any atom is -0.397 e. The Balaban J connectivity index is 2.76. The molecule has 0 aliphatic rings. The largest absolute Gasteiger partial charge is 0.397 e. The van der Waals surface area contributed by atoms with Crippen LogP contribution in [-0.2, 0) is 0 Å². The Labute approximate surface area is 94.8 Å². The van der Waals surface area contributed by atoms with E-state index in [1.165, 1.54) is 6.07 Å². The Morgan fingerprint density at radius 1 is 1.38 bits per heavy atom. The molecule has 2 nitrogen and oxygen atoms in total. The quantitative estimate of drug-likeness (QED) is 0.756. The van der Waals surface area contributed by atoms with Crippen molar-refractivity contribution in [3.8, 4) is 0 Å². The van der Waals surface area contributed by atoms with E-state index in [4.69, 9.17) is 5.73 Å². The van der Waals surface area contributed by atoms with Crippen molar-refractivity contribution in [2.24, 2.45) is 0 Å². The topological polar surface area (TPSA) is 38.0 Å². The number of hydrogen-bond donors (Lipinski definition) is 2. The van der Waals surface area contributed by atoms with Crippen LogP contribution < -0.4 is 11.1 Å². The second kappa shape index (κ2) is 5.68. The van der Waals surface area contributed by atoms with Crippen LogP contribution >= 0.6 is 0 Å². The predicted octanol–water partition coefficient (Wildman–Crippen LogP) is 3.54. The molecule has 0 saturated heterocycles. The lowest BCUT2D eigenvalue weighted by Crippen LogP contribution is -2.17. The molecule has 4 heteroatoms. The minimum atomic E-state index is -0.900. The van der Waals surface area contributed by atoms with E-state index in [1.807, 2.05) is 6.92 Å². The van der Waals surface area contributed by atoms with Crippen LogP contribution in [0.5, 0.6) is 0 Å². The highest BCUT2D eigenvalue weighted by Gasteiger charge is 2.13. The summed E-state index contributed by atoms with van der Waals surface area (Å²) in [5, 5.41) is 2.91. The molecule has 0 heterocycles. The van der Waals surface area contributed by atoms with Gasteiger partial charge in [0.2, 0.25) is 0 Å². The fourth-order valence-corrected chi connectivity index (χ4v) is 1.54. The molecule has 1 atom stereocenters. The molecule has 1 aromatic rings. The van der Waals surface area contributed by atoms with Gasteiger partial charge in [-0.05, 0) is 25.5 Å². The van der Waals surface area contributed by atoms with Crippen LogP contribution in [0.25, 0.3) is 0 Å². The van der Waals surface area contributed by atoms with Gasteiger partial charge in [0.15, 0.2) is 11.6 Å². The van der Waals surface area contributed by atoms with E-state index in [0.29, 0.717) is 0 Å². The lowest BCUT2D eigenvalue weighted by atomic mass is 10.1. The summed E-state index contributed by atoms with van der Waals surface area (Å²) in [4.78, 5) is 0. The van der Waals surface area contributed by atoms with Crippen molar-refractivity contribution >= 4 is 11.4 Å². The van der Waals surface area contributed by atoms with Gasteiger partial charge in [-0.15, -0.1) is 0 Å². The molecule has 3 N–H and O–H groups in total. The maximum Gasteiger partial charge on any atom is 0.183 e. The Bertz CT molecular complexity index is 353. The van der Waals surface area contributed by atoms with Crippen LogP contribution in [-0.4, -0.2) is 6.04 Å². The van der Waals surface area contributed by atoms with Crippen molar-refractivity contribution in [2.45, 2.75) is 39.2 Å². The zero-order chi connectivity index (χ0) is 12.1. The molecule has 0 aliphatic heterocycles. The minimum absolute atomic E-state index is 0.0728. The second-order valence-electron chi connectivity index (χ2n) is 4.01. The molecule has 0 spiro atoms. The summed E-state index contributed by atoms with van der Waals surface area (Å²) in [6.07, 6.45) is 3.03. The highest BCUT2D eigenvalue weighted by Crippen LogP contribution is 2.25.